The third-order valence-electron chi connectivity index (χ3n) is 6.09. The number of sulfonamides is 1. The van der Waals surface area contributed by atoms with Crippen LogP contribution in [0.1, 0.15) is 22.8 Å². The van der Waals surface area contributed by atoms with Crippen molar-refractivity contribution >= 4 is 26.5 Å². The van der Waals surface area contributed by atoms with Gasteiger partial charge in [-0.25, -0.2) is 8.42 Å². The molecule has 0 bridgehead atoms. The third kappa shape index (κ3) is 3.91. The van der Waals surface area contributed by atoms with E-state index in [-0.39, 0.29) is 24.2 Å². The molecule has 5 rings (SSSR count). The van der Waals surface area contributed by atoms with E-state index in [9.17, 15) is 13.5 Å². The second-order valence-corrected chi connectivity index (χ2v) is 10.1. The topological polar surface area (TPSA) is 66.8 Å². The van der Waals surface area contributed by atoms with Crippen LogP contribution in [-0.2, 0) is 14.8 Å². The summed E-state index contributed by atoms with van der Waals surface area (Å²) in [4.78, 5) is 0.283. The predicted molar refractivity (Wildman–Crippen MR) is 130 cm³/mol. The summed E-state index contributed by atoms with van der Waals surface area (Å²) in [7, 11) is -3.73. The van der Waals surface area contributed by atoms with Crippen molar-refractivity contribution in [2.45, 2.75) is 24.0 Å². The maximum absolute atomic E-state index is 13.2. The van der Waals surface area contributed by atoms with Gasteiger partial charge in [0.2, 0.25) is 0 Å². The first-order valence-corrected chi connectivity index (χ1v) is 12.4. The van der Waals surface area contributed by atoms with Gasteiger partial charge in [0.1, 0.15) is 6.10 Å². The number of rotatable bonds is 7. The van der Waals surface area contributed by atoms with Crippen LogP contribution in [0.15, 0.2) is 95.9 Å². The second kappa shape index (κ2) is 8.63. The van der Waals surface area contributed by atoms with Gasteiger partial charge in [-0.1, -0.05) is 78.9 Å². The van der Waals surface area contributed by atoms with Gasteiger partial charge in [0.25, 0.3) is 10.0 Å². The Bertz CT molecular complexity index is 1400. The van der Waals surface area contributed by atoms with E-state index in [0.29, 0.717) is 11.1 Å². The molecule has 0 saturated carbocycles. The number of hydrogen-bond acceptors (Lipinski definition) is 4. The number of hydrogen-bond donors (Lipinski definition) is 1. The van der Waals surface area contributed by atoms with Crippen LogP contribution in [-0.4, -0.2) is 32.8 Å². The molecule has 0 saturated heterocycles. The van der Waals surface area contributed by atoms with Crippen molar-refractivity contribution in [2.24, 2.45) is 0 Å². The van der Waals surface area contributed by atoms with Crippen molar-refractivity contribution in [3.05, 3.63) is 108 Å². The fourth-order valence-electron chi connectivity index (χ4n) is 4.48. The van der Waals surface area contributed by atoms with E-state index in [1.807, 2.05) is 79.7 Å². The van der Waals surface area contributed by atoms with Gasteiger partial charge in [-0.3, -0.25) is 4.31 Å². The lowest BCUT2D eigenvalue weighted by Gasteiger charge is -2.25. The predicted octanol–water partition coefficient (Wildman–Crippen LogP) is 4.82. The standard InChI is InChI=1S/C27H25NO4S/c1-19-9-5-6-14-23(19)27(21-10-3-2-4-11-21)32-18-22(29)17-28-24-15-7-12-20-13-8-16-25(26(20)24)33(28,30)31/h2-16,22,27,29H,17-18H2,1H3/t22-,27-/m0/s1. The largest absolute Gasteiger partial charge is 0.389 e. The maximum Gasteiger partial charge on any atom is 0.265 e. The molecule has 0 radical (unpaired) electrons. The molecular formula is C27H25NO4S. The highest BCUT2D eigenvalue weighted by molar-refractivity contribution is 7.93. The van der Waals surface area contributed by atoms with E-state index in [2.05, 4.69) is 0 Å². The minimum atomic E-state index is -3.73. The van der Waals surface area contributed by atoms with Crippen molar-refractivity contribution in [3.8, 4) is 0 Å². The van der Waals surface area contributed by atoms with Crippen molar-refractivity contribution in [3.63, 3.8) is 0 Å². The molecule has 0 fully saturated rings. The second-order valence-electron chi connectivity index (χ2n) is 8.30. The normalized spacial score (nSPS) is 16.1. The molecule has 0 unspecified atom stereocenters. The number of β-amino-alcohol motifs (C(OH)–C–C–N with tert-alkyl or cyclic N) is 1. The van der Waals surface area contributed by atoms with E-state index in [1.54, 1.807) is 18.2 Å². The molecule has 1 aliphatic rings. The summed E-state index contributed by atoms with van der Waals surface area (Å²) < 4.78 is 33.9. The Balaban J connectivity index is 1.38. The molecule has 168 valence electrons. The van der Waals surface area contributed by atoms with Gasteiger partial charge < -0.3 is 9.84 Å². The number of nitrogens with zero attached hydrogens (tertiary/aromatic N) is 1. The van der Waals surface area contributed by atoms with Gasteiger partial charge in [-0.15, -0.1) is 0 Å². The molecule has 33 heavy (non-hydrogen) atoms. The Hall–Kier alpha value is -3.19. The Kier molecular flexibility index (Phi) is 5.66. The fourth-order valence-corrected chi connectivity index (χ4v) is 6.23. The monoisotopic (exact) mass is 459 g/mol. The molecular weight excluding hydrogens is 434 g/mol. The summed E-state index contributed by atoms with van der Waals surface area (Å²) in [5.41, 5.74) is 3.68. The Morgan fingerprint density at radius 1 is 0.879 bits per heavy atom. The maximum atomic E-state index is 13.2. The quantitative estimate of drug-likeness (QED) is 0.430. The minimum absolute atomic E-state index is 0.00770. The molecule has 0 spiro atoms. The number of anilines is 1. The van der Waals surface area contributed by atoms with Crippen LogP contribution in [0.5, 0.6) is 0 Å². The highest BCUT2D eigenvalue weighted by atomic mass is 32.2. The van der Waals surface area contributed by atoms with Crippen LogP contribution >= 0.6 is 0 Å². The highest BCUT2D eigenvalue weighted by Crippen LogP contribution is 2.42. The van der Waals surface area contributed by atoms with E-state index in [1.165, 1.54) is 4.31 Å². The number of ether oxygens (including phenoxy) is 1. The minimum Gasteiger partial charge on any atom is -0.389 e. The number of aryl methyl sites for hydroxylation is 1. The van der Waals surface area contributed by atoms with Gasteiger partial charge in [0.15, 0.2) is 0 Å². The molecule has 0 aromatic heterocycles. The van der Waals surface area contributed by atoms with Crippen LogP contribution in [0.25, 0.3) is 10.8 Å². The molecule has 1 heterocycles. The van der Waals surface area contributed by atoms with E-state index in [0.717, 1.165) is 22.1 Å². The first-order chi connectivity index (χ1) is 16.0. The van der Waals surface area contributed by atoms with Gasteiger partial charge in [0.05, 0.1) is 29.8 Å². The molecule has 0 aliphatic carbocycles. The summed E-state index contributed by atoms with van der Waals surface area (Å²) in [6, 6.07) is 28.6. The summed E-state index contributed by atoms with van der Waals surface area (Å²) in [6.45, 7) is 1.94. The van der Waals surface area contributed by atoms with Gasteiger partial charge in [-0.05, 0) is 41.1 Å². The summed E-state index contributed by atoms with van der Waals surface area (Å²) in [5, 5.41) is 12.4. The summed E-state index contributed by atoms with van der Waals surface area (Å²) >= 11 is 0. The van der Waals surface area contributed by atoms with Crippen LogP contribution in [0, 0.1) is 6.92 Å². The van der Waals surface area contributed by atoms with Gasteiger partial charge >= 0.3 is 0 Å². The Labute approximate surface area is 193 Å². The van der Waals surface area contributed by atoms with Crippen LogP contribution in [0.4, 0.5) is 5.69 Å². The first-order valence-electron chi connectivity index (χ1n) is 10.9. The number of aliphatic hydroxyl groups excluding tert-OH is 1. The van der Waals surface area contributed by atoms with Crippen LogP contribution in [0.3, 0.4) is 0 Å². The number of benzene rings is 4. The van der Waals surface area contributed by atoms with E-state index >= 15 is 0 Å². The average molecular weight is 460 g/mol. The highest BCUT2D eigenvalue weighted by Gasteiger charge is 2.36. The molecule has 5 nitrogen and oxygen atoms in total. The summed E-state index contributed by atoms with van der Waals surface area (Å²) in [5.74, 6) is 0. The fraction of sp³-hybridized carbons (Fsp3) is 0.185. The molecule has 4 aromatic carbocycles. The molecule has 1 N–H and O–H groups in total. The summed E-state index contributed by atoms with van der Waals surface area (Å²) in [6.07, 6.45) is -1.36. The lowest BCUT2D eigenvalue weighted by atomic mass is 9.97. The lowest BCUT2D eigenvalue weighted by Crippen LogP contribution is -2.37. The molecule has 2 atom stereocenters. The number of aliphatic hydroxyl groups is 1. The van der Waals surface area contributed by atoms with Crippen molar-refractivity contribution in [1.29, 1.82) is 0 Å². The average Bonchev–Trinajstić information content (AvgIpc) is 3.04. The zero-order valence-electron chi connectivity index (χ0n) is 18.3. The van der Waals surface area contributed by atoms with Crippen molar-refractivity contribution < 1.29 is 18.3 Å². The zero-order valence-corrected chi connectivity index (χ0v) is 19.1. The van der Waals surface area contributed by atoms with Crippen molar-refractivity contribution in [2.75, 3.05) is 17.5 Å². The molecule has 0 amide bonds. The molecule has 1 aliphatic heterocycles. The zero-order chi connectivity index (χ0) is 23.0. The molecule has 6 heteroatoms. The van der Waals surface area contributed by atoms with Gasteiger partial charge in [0, 0.05) is 5.39 Å². The molecule has 4 aromatic rings. The smallest absolute Gasteiger partial charge is 0.265 e. The van der Waals surface area contributed by atoms with E-state index < -0.39 is 16.1 Å². The van der Waals surface area contributed by atoms with Crippen molar-refractivity contribution in [1.82, 2.24) is 0 Å². The van der Waals surface area contributed by atoms with Gasteiger partial charge in [-0.2, -0.15) is 0 Å². The van der Waals surface area contributed by atoms with E-state index in [4.69, 9.17) is 4.74 Å². The lowest BCUT2D eigenvalue weighted by molar-refractivity contribution is 0.0101. The SMILES string of the molecule is Cc1ccccc1[C@@H](OC[C@@H](O)CN1c2cccc3cccc(c23)S1(=O)=O)c1ccccc1. The Morgan fingerprint density at radius 2 is 1.58 bits per heavy atom. The first kappa shape index (κ1) is 21.6. The third-order valence-corrected chi connectivity index (χ3v) is 7.91. The van der Waals surface area contributed by atoms with Crippen LogP contribution < -0.4 is 4.31 Å². The van der Waals surface area contributed by atoms with Crippen LogP contribution in [0.2, 0.25) is 0 Å². The Morgan fingerprint density at radius 3 is 2.33 bits per heavy atom.